The highest BCUT2D eigenvalue weighted by molar-refractivity contribution is 5.67. The van der Waals surface area contributed by atoms with Gasteiger partial charge in [-0.15, -0.1) is 0 Å². The van der Waals surface area contributed by atoms with Crippen molar-refractivity contribution in [2.75, 3.05) is 0 Å². The van der Waals surface area contributed by atoms with Crippen LogP contribution in [0, 0.1) is 11.3 Å². The maximum absolute atomic E-state index is 12.5. The van der Waals surface area contributed by atoms with Crippen LogP contribution in [0.3, 0.4) is 0 Å². The first-order valence-corrected chi connectivity index (χ1v) is 4.77. The summed E-state index contributed by atoms with van der Waals surface area (Å²) in [6.07, 6.45) is -2.86. The largest absolute Gasteiger partial charge is 0.416 e. The first-order valence-electron chi connectivity index (χ1n) is 4.77. The Morgan fingerprint density at radius 3 is 2.59 bits per heavy atom. The third kappa shape index (κ3) is 2.16. The average Bonchev–Trinajstić information content (AvgIpc) is 2.76. The van der Waals surface area contributed by atoms with E-state index in [4.69, 9.17) is 5.26 Å². The normalized spacial score (nSPS) is 11.2. The summed E-state index contributed by atoms with van der Waals surface area (Å²) in [5, 5.41) is 8.81. The highest BCUT2D eigenvalue weighted by Crippen LogP contribution is 2.32. The molecule has 0 spiro atoms. The second-order valence-electron chi connectivity index (χ2n) is 3.46. The van der Waals surface area contributed by atoms with E-state index in [-0.39, 0.29) is 0 Å². The molecule has 1 aromatic carbocycles. The van der Waals surface area contributed by atoms with Crippen molar-refractivity contribution < 1.29 is 13.2 Å². The monoisotopic (exact) mass is 236 g/mol. The fourth-order valence-electron chi connectivity index (χ4n) is 1.55. The fourth-order valence-corrected chi connectivity index (χ4v) is 1.55. The minimum Gasteiger partial charge on any atom is -0.360 e. The maximum Gasteiger partial charge on any atom is 0.416 e. The van der Waals surface area contributed by atoms with Gasteiger partial charge in [0.05, 0.1) is 16.8 Å². The van der Waals surface area contributed by atoms with Crippen LogP contribution in [0.1, 0.15) is 11.1 Å². The Kier molecular flexibility index (Phi) is 2.64. The van der Waals surface area contributed by atoms with Gasteiger partial charge in [0.15, 0.2) is 0 Å². The van der Waals surface area contributed by atoms with Gasteiger partial charge in [0.25, 0.3) is 0 Å². The highest BCUT2D eigenvalue weighted by Gasteiger charge is 2.30. The summed E-state index contributed by atoms with van der Waals surface area (Å²) >= 11 is 0. The predicted octanol–water partition coefficient (Wildman–Crippen LogP) is 3.57. The molecule has 0 saturated carbocycles. The van der Waals surface area contributed by atoms with Gasteiger partial charge in [-0.3, -0.25) is 0 Å². The summed E-state index contributed by atoms with van der Waals surface area (Å²) in [5.41, 5.74) is 0.345. The van der Waals surface area contributed by atoms with Crippen LogP contribution < -0.4 is 0 Å². The topological polar surface area (TPSA) is 39.6 Å². The van der Waals surface area contributed by atoms with Crippen LogP contribution in [-0.4, -0.2) is 4.98 Å². The molecule has 0 radical (unpaired) electrons. The zero-order valence-electron chi connectivity index (χ0n) is 8.55. The quantitative estimate of drug-likeness (QED) is 0.807. The smallest absolute Gasteiger partial charge is 0.360 e. The number of H-pyrrole nitrogens is 1. The molecule has 86 valence electrons. The molecule has 1 heterocycles. The van der Waals surface area contributed by atoms with E-state index < -0.39 is 11.7 Å². The molecule has 0 aliphatic heterocycles. The standard InChI is InChI=1S/C12H7F3N2/c13-12(14,15)10-3-1-2-8(6-10)11-9(7-16)4-5-17-11/h1-6,17H. The molecule has 17 heavy (non-hydrogen) atoms. The average molecular weight is 236 g/mol. The minimum absolute atomic E-state index is 0.323. The van der Waals surface area contributed by atoms with Crippen molar-refractivity contribution in [3.8, 4) is 17.3 Å². The summed E-state index contributed by atoms with van der Waals surface area (Å²) in [7, 11) is 0. The van der Waals surface area contributed by atoms with Crippen LogP contribution in [0.15, 0.2) is 36.5 Å². The van der Waals surface area contributed by atoms with Crippen molar-refractivity contribution in [3.05, 3.63) is 47.7 Å². The summed E-state index contributed by atoms with van der Waals surface area (Å²) < 4.78 is 37.6. The second kappa shape index (κ2) is 3.98. The van der Waals surface area contributed by atoms with E-state index >= 15 is 0 Å². The van der Waals surface area contributed by atoms with Gasteiger partial charge in [0, 0.05) is 6.20 Å². The highest BCUT2D eigenvalue weighted by atomic mass is 19.4. The molecule has 2 rings (SSSR count). The van der Waals surface area contributed by atoms with Gasteiger partial charge >= 0.3 is 6.18 Å². The lowest BCUT2D eigenvalue weighted by molar-refractivity contribution is -0.137. The van der Waals surface area contributed by atoms with Gasteiger partial charge < -0.3 is 4.98 Å². The summed E-state index contributed by atoms with van der Waals surface area (Å²) in [6.45, 7) is 0. The van der Waals surface area contributed by atoms with Crippen molar-refractivity contribution in [1.29, 1.82) is 5.26 Å². The van der Waals surface area contributed by atoms with Crippen LogP contribution in [-0.2, 0) is 6.18 Å². The number of nitriles is 1. The van der Waals surface area contributed by atoms with E-state index in [2.05, 4.69) is 4.98 Å². The summed E-state index contributed by atoms with van der Waals surface area (Å²) in [6, 6.07) is 8.31. The van der Waals surface area contributed by atoms with Crippen LogP contribution in [0.25, 0.3) is 11.3 Å². The number of benzene rings is 1. The minimum atomic E-state index is -4.38. The van der Waals surface area contributed by atoms with Gasteiger partial charge in [-0.2, -0.15) is 18.4 Å². The Labute approximate surface area is 95.3 Å². The lowest BCUT2D eigenvalue weighted by Crippen LogP contribution is -2.04. The van der Waals surface area contributed by atoms with Gasteiger partial charge in [-0.1, -0.05) is 12.1 Å². The third-order valence-electron chi connectivity index (χ3n) is 2.35. The fraction of sp³-hybridized carbons (Fsp3) is 0.0833. The van der Waals surface area contributed by atoms with Crippen LogP contribution in [0.4, 0.5) is 13.2 Å². The lowest BCUT2D eigenvalue weighted by atomic mass is 10.1. The maximum atomic E-state index is 12.5. The van der Waals surface area contributed by atoms with Crippen LogP contribution >= 0.6 is 0 Å². The van der Waals surface area contributed by atoms with E-state index in [0.29, 0.717) is 16.8 Å². The molecule has 0 amide bonds. The first kappa shape index (κ1) is 11.3. The molecular weight excluding hydrogens is 229 g/mol. The number of halogens is 3. The van der Waals surface area contributed by atoms with E-state index in [1.807, 2.05) is 6.07 Å². The van der Waals surface area contributed by atoms with E-state index in [9.17, 15) is 13.2 Å². The Morgan fingerprint density at radius 1 is 1.18 bits per heavy atom. The number of nitrogens with one attached hydrogen (secondary N) is 1. The molecule has 5 heteroatoms. The number of alkyl halides is 3. The Balaban J connectivity index is 2.52. The van der Waals surface area contributed by atoms with Crippen molar-refractivity contribution in [3.63, 3.8) is 0 Å². The predicted molar refractivity (Wildman–Crippen MR) is 55.9 cm³/mol. The zero-order chi connectivity index (χ0) is 12.5. The molecule has 0 atom stereocenters. The SMILES string of the molecule is N#Cc1cc[nH]c1-c1cccc(C(F)(F)F)c1. The number of hydrogen-bond acceptors (Lipinski definition) is 1. The molecular formula is C12H7F3N2. The first-order chi connectivity index (χ1) is 8.02. The van der Waals surface area contributed by atoms with Crippen molar-refractivity contribution in [2.24, 2.45) is 0 Å². The molecule has 0 aliphatic carbocycles. The van der Waals surface area contributed by atoms with Crippen molar-refractivity contribution in [1.82, 2.24) is 4.98 Å². The van der Waals surface area contributed by atoms with E-state index in [0.717, 1.165) is 12.1 Å². The van der Waals surface area contributed by atoms with Crippen LogP contribution in [0.5, 0.6) is 0 Å². The Hall–Kier alpha value is -2.22. The number of hydrogen-bond donors (Lipinski definition) is 1. The zero-order valence-corrected chi connectivity index (χ0v) is 8.55. The van der Waals surface area contributed by atoms with Crippen molar-refractivity contribution in [2.45, 2.75) is 6.18 Å². The molecule has 2 nitrogen and oxygen atoms in total. The Morgan fingerprint density at radius 2 is 1.94 bits per heavy atom. The number of aromatic amines is 1. The summed E-state index contributed by atoms with van der Waals surface area (Å²) in [4.78, 5) is 2.76. The van der Waals surface area contributed by atoms with Gasteiger partial charge in [-0.25, -0.2) is 0 Å². The van der Waals surface area contributed by atoms with E-state index in [1.165, 1.54) is 24.4 Å². The molecule has 0 aliphatic rings. The summed E-state index contributed by atoms with van der Waals surface area (Å²) in [5.74, 6) is 0. The molecule has 0 fully saturated rings. The second-order valence-corrected chi connectivity index (χ2v) is 3.46. The molecule has 0 saturated heterocycles. The van der Waals surface area contributed by atoms with Gasteiger partial charge in [-0.05, 0) is 23.8 Å². The number of aromatic nitrogens is 1. The lowest BCUT2D eigenvalue weighted by Gasteiger charge is -2.08. The van der Waals surface area contributed by atoms with Gasteiger partial charge in [0.1, 0.15) is 6.07 Å². The van der Waals surface area contributed by atoms with E-state index in [1.54, 1.807) is 0 Å². The van der Waals surface area contributed by atoms with Crippen molar-refractivity contribution >= 4 is 0 Å². The third-order valence-corrected chi connectivity index (χ3v) is 2.35. The van der Waals surface area contributed by atoms with Crippen LogP contribution in [0.2, 0.25) is 0 Å². The molecule has 2 aromatic rings. The molecule has 1 N–H and O–H groups in total. The van der Waals surface area contributed by atoms with Gasteiger partial charge in [0.2, 0.25) is 0 Å². The molecule has 1 aromatic heterocycles. The number of rotatable bonds is 1. The molecule has 0 bridgehead atoms. The molecule has 0 unspecified atom stereocenters. The Bertz CT molecular complexity index is 576. The number of nitrogens with zero attached hydrogens (tertiary/aromatic N) is 1.